The Balaban J connectivity index is 2.91. The van der Waals surface area contributed by atoms with Crippen LogP contribution in [0.15, 0.2) is 22.2 Å². The molecule has 90 valence electrons. The lowest BCUT2D eigenvalue weighted by molar-refractivity contribution is 0.708. The highest BCUT2D eigenvalue weighted by atomic mass is 16.2. The van der Waals surface area contributed by atoms with Gasteiger partial charge in [0, 0.05) is 14.1 Å². The lowest BCUT2D eigenvalue weighted by Crippen LogP contribution is -2.36. The number of nitrogens with one attached hydrogen (secondary N) is 1. The standard InChI is InChI=1S/C10H13N5O2/c1-4-5(11)7-12-6-8(13-7)14(2)10(17)15(3)9(6)16/h4-5H,1,11H2,2-3H3,(H,12,13). The summed E-state index contributed by atoms with van der Waals surface area (Å²) in [5.41, 5.74) is 5.45. The molecule has 0 aromatic carbocycles. The summed E-state index contributed by atoms with van der Waals surface area (Å²) in [5, 5.41) is 0. The van der Waals surface area contributed by atoms with Crippen molar-refractivity contribution in [3.63, 3.8) is 0 Å². The van der Waals surface area contributed by atoms with Gasteiger partial charge in [-0.15, -0.1) is 6.58 Å². The van der Waals surface area contributed by atoms with Gasteiger partial charge in [-0.05, 0) is 0 Å². The van der Waals surface area contributed by atoms with Gasteiger partial charge in [-0.3, -0.25) is 13.9 Å². The molecule has 3 N–H and O–H groups in total. The van der Waals surface area contributed by atoms with Crippen molar-refractivity contribution in [3.8, 4) is 0 Å². The molecule has 2 aromatic heterocycles. The Kier molecular flexibility index (Phi) is 2.47. The maximum Gasteiger partial charge on any atom is 0.332 e. The summed E-state index contributed by atoms with van der Waals surface area (Å²) >= 11 is 0. The number of aryl methyl sites for hydroxylation is 1. The lowest BCUT2D eigenvalue weighted by atomic mass is 10.3. The molecule has 7 nitrogen and oxygen atoms in total. The minimum absolute atomic E-state index is 0.266. The van der Waals surface area contributed by atoms with Crippen molar-refractivity contribution in [2.45, 2.75) is 6.04 Å². The minimum atomic E-state index is -0.498. The van der Waals surface area contributed by atoms with Gasteiger partial charge in [-0.1, -0.05) is 6.08 Å². The number of imidazole rings is 1. The Morgan fingerprint density at radius 3 is 2.65 bits per heavy atom. The molecule has 0 saturated heterocycles. The molecular formula is C10H13N5O2. The lowest BCUT2D eigenvalue weighted by Gasteiger charge is -2.00. The second-order valence-corrected chi connectivity index (χ2v) is 3.79. The van der Waals surface area contributed by atoms with Crippen molar-refractivity contribution in [1.29, 1.82) is 0 Å². The van der Waals surface area contributed by atoms with E-state index < -0.39 is 17.3 Å². The maximum atomic E-state index is 11.8. The zero-order valence-corrected chi connectivity index (χ0v) is 9.60. The third kappa shape index (κ3) is 1.51. The van der Waals surface area contributed by atoms with E-state index in [2.05, 4.69) is 16.5 Å². The average Bonchev–Trinajstić information content (AvgIpc) is 2.77. The van der Waals surface area contributed by atoms with Crippen LogP contribution in [-0.2, 0) is 14.1 Å². The van der Waals surface area contributed by atoms with Crippen LogP contribution in [0.5, 0.6) is 0 Å². The summed E-state index contributed by atoms with van der Waals surface area (Å²) in [6, 6.07) is -0.498. The van der Waals surface area contributed by atoms with E-state index >= 15 is 0 Å². The van der Waals surface area contributed by atoms with E-state index in [0.717, 1.165) is 4.57 Å². The SMILES string of the molecule is C=CC(N)c1nc2c([nH]1)c(=O)n(C)c(=O)n2C. The van der Waals surface area contributed by atoms with Gasteiger partial charge in [-0.2, -0.15) is 0 Å². The molecule has 2 heterocycles. The van der Waals surface area contributed by atoms with Crippen LogP contribution in [0, 0.1) is 0 Å². The van der Waals surface area contributed by atoms with Crippen LogP contribution in [0.4, 0.5) is 0 Å². The smallest absolute Gasteiger partial charge is 0.332 e. The van der Waals surface area contributed by atoms with Gasteiger partial charge in [0.25, 0.3) is 5.56 Å². The number of fused-ring (bicyclic) bond motifs is 1. The van der Waals surface area contributed by atoms with E-state index in [9.17, 15) is 9.59 Å². The molecule has 0 bridgehead atoms. The summed E-state index contributed by atoms with van der Waals surface area (Å²) in [4.78, 5) is 30.5. The van der Waals surface area contributed by atoms with Gasteiger partial charge < -0.3 is 10.7 Å². The average molecular weight is 235 g/mol. The molecule has 17 heavy (non-hydrogen) atoms. The van der Waals surface area contributed by atoms with Crippen LogP contribution in [0.25, 0.3) is 11.2 Å². The first-order chi connectivity index (χ1) is 7.97. The van der Waals surface area contributed by atoms with E-state index in [0.29, 0.717) is 11.5 Å². The topological polar surface area (TPSA) is 98.7 Å². The molecule has 0 aliphatic carbocycles. The molecule has 0 spiro atoms. The summed E-state index contributed by atoms with van der Waals surface area (Å²) in [7, 11) is 2.96. The Morgan fingerprint density at radius 2 is 2.06 bits per heavy atom. The molecule has 0 saturated carbocycles. The summed E-state index contributed by atoms with van der Waals surface area (Å²) < 4.78 is 2.32. The van der Waals surface area contributed by atoms with Gasteiger partial charge in [0.2, 0.25) is 0 Å². The van der Waals surface area contributed by atoms with Crippen LogP contribution >= 0.6 is 0 Å². The van der Waals surface area contributed by atoms with Crippen molar-refractivity contribution in [2.75, 3.05) is 0 Å². The number of aromatic nitrogens is 4. The van der Waals surface area contributed by atoms with Gasteiger partial charge in [0.1, 0.15) is 11.3 Å². The van der Waals surface area contributed by atoms with E-state index in [-0.39, 0.29) is 5.52 Å². The van der Waals surface area contributed by atoms with Crippen LogP contribution in [0.2, 0.25) is 0 Å². The van der Waals surface area contributed by atoms with Gasteiger partial charge >= 0.3 is 5.69 Å². The second kappa shape index (κ2) is 3.70. The molecule has 0 fully saturated rings. The maximum absolute atomic E-state index is 11.8. The van der Waals surface area contributed by atoms with E-state index in [4.69, 9.17) is 5.73 Å². The molecule has 0 amide bonds. The predicted molar refractivity (Wildman–Crippen MR) is 63.7 cm³/mol. The van der Waals surface area contributed by atoms with Crippen molar-refractivity contribution >= 4 is 11.2 Å². The molecule has 7 heteroatoms. The zero-order valence-electron chi connectivity index (χ0n) is 9.60. The van der Waals surface area contributed by atoms with Gasteiger partial charge in [0.15, 0.2) is 5.65 Å². The fourth-order valence-corrected chi connectivity index (χ4v) is 1.61. The molecule has 1 unspecified atom stereocenters. The highest BCUT2D eigenvalue weighted by molar-refractivity contribution is 5.69. The highest BCUT2D eigenvalue weighted by Gasteiger charge is 2.15. The molecule has 2 aromatic rings. The van der Waals surface area contributed by atoms with Crippen LogP contribution in [0.3, 0.4) is 0 Å². The van der Waals surface area contributed by atoms with E-state index in [1.165, 1.54) is 17.7 Å². The molecular weight excluding hydrogens is 222 g/mol. The zero-order chi connectivity index (χ0) is 12.7. The number of H-pyrrole nitrogens is 1. The first-order valence-electron chi connectivity index (χ1n) is 5.01. The van der Waals surface area contributed by atoms with Crippen molar-refractivity contribution in [2.24, 2.45) is 19.8 Å². The van der Waals surface area contributed by atoms with E-state index in [1.807, 2.05) is 0 Å². The monoisotopic (exact) mass is 235 g/mol. The number of nitrogens with zero attached hydrogens (tertiary/aromatic N) is 3. The fourth-order valence-electron chi connectivity index (χ4n) is 1.61. The minimum Gasteiger partial charge on any atom is -0.335 e. The van der Waals surface area contributed by atoms with E-state index in [1.54, 1.807) is 7.05 Å². The Labute approximate surface area is 96.2 Å². The Bertz CT molecular complexity index is 706. The third-order valence-corrected chi connectivity index (χ3v) is 2.68. The highest BCUT2D eigenvalue weighted by Crippen LogP contribution is 2.10. The third-order valence-electron chi connectivity index (χ3n) is 2.68. The second-order valence-electron chi connectivity index (χ2n) is 3.79. The van der Waals surface area contributed by atoms with Gasteiger partial charge in [-0.25, -0.2) is 9.78 Å². The molecule has 0 radical (unpaired) electrons. The fraction of sp³-hybridized carbons (Fsp3) is 0.300. The van der Waals surface area contributed by atoms with Crippen molar-refractivity contribution in [1.82, 2.24) is 19.1 Å². The Morgan fingerprint density at radius 1 is 1.41 bits per heavy atom. The number of hydrogen-bond donors (Lipinski definition) is 2. The van der Waals surface area contributed by atoms with Crippen molar-refractivity contribution < 1.29 is 0 Å². The number of rotatable bonds is 2. The summed E-state index contributed by atoms with van der Waals surface area (Å²) in [6.45, 7) is 3.55. The molecule has 1 atom stereocenters. The van der Waals surface area contributed by atoms with Crippen molar-refractivity contribution in [3.05, 3.63) is 39.3 Å². The first kappa shape index (κ1) is 11.3. The molecule has 2 rings (SSSR count). The summed E-state index contributed by atoms with van der Waals surface area (Å²) in [5.74, 6) is 0.410. The predicted octanol–water partition coefficient (Wildman–Crippen LogP) is -0.854. The Hall–Kier alpha value is -2.15. The first-order valence-corrected chi connectivity index (χ1v) is 5.01. The molecule has 0 aliphatic heterocycles. The largest absolute Gasteiger partial charge is 0.335 e. The van der Waals surface area contributed by atoms with Crippen LogP contribution in [-0.4, -0.2) is 19.1 Å². The number of aromatic amines is 1. The number of nitrogens with two attached hydrogens (primary N) is 1. The number of hydrogen-bond acceptors (Lipinski definition) is 4. The van der Waals surface area contributed by atoms with Gasteiger partial charge in [0.05, 0.1) is 6.04 Å². The van der Waals surface area contributed by atoms with Crippen LogP contribution in [0.1, 0.15) is 11.9 Å². The summed E-state index contributed by atoms with van der Waals surface area (Å²) in [6.07, 6.45) is 1.50. The molecule has 0 aliphatic rings. The normalized spacial score (nSPS) is 12.9. The quantitative estimate of drug-likeness (QED) is 0.662. The van der Waals surface area contributed by atoms with Crippen LogP contribution < -0.4 is 17.0 Å².